The van der Waals surface area contributed by atoms with Crippen LogP contribution in [0.3, 0.4) is 0 Å². The summed E-state index contributed by atoms with van der Waals surface area (Å²) in [4.78, 5) is 23.1. The Morgan fingerprint density at radius 1 is 1.43 bits per heavy atom. The molecule has 0 bridgehead atoms. The molecule has 10 nitrogen and oxygen atoms in total. The van der Waals surface area contributed by atoms with Crippen molar-refractivity contribution in [1.82, 2.24) is 19.5 Å². The molecular formula is C13H17N5O5. The van der Waals surface area contributed by atoms with Gasteiger partial charge in [0.05, 0.1) is 12.9 Å². The molecule has 0 radical (unpaired) electrons. The molecule has 0 spiro atoms. The highest BCUT2D eigenvalue weighted by molar-refractivity contribution is 5.81. The van der Waals surface area contributed by atoms with E-state index in [2.05, 4.69) is 15.0 Å². The summed E-state index contributed by atoms with van der Waals surface area (Å²) in [5.74, 6) is -0.767. The lowest BCUT2D eigenvalue weighted by Crippen LogP contribution is -2.35. The van der Waals surface area contributed by atoms with Crippen LogP contribution in [-0.2, 0) is 14.2 Å². The lowest BCUT2D eigenvalue weighted by atomic mass is 10.1. The first-order valence-corrected chi connectivity index (χ1v) is 7.24. The van der Waals surface area contributed by atoms with Crippen molar-refractivity contribution in [3.8, 4) is 0 Å². The third-order valence-electron chi connectivity index (χ3n) is 4.09. The number of nitrogens with two attached hydrogens (primary N) is 1. The summed E-state index contributed by atoms with van der Waals surface area (Å²) in [6, 6.07) is 0. The van der Waals surface area contributed by atoms with E-state index < -0.39 is 36.0 Å². The average Bonchev–Trinajstić information content (AvgIpc) is 3.13. The third kappa shape index (κ3) is 2.06. The van der Waals surface area contributed by atoms with Crippen molar-refractivity contribution in [2.24, 2.45) is 0 Å². The number of nitrogen functional groups attached to an aromatic ring is 1. The normalized spacial score (nSPS) is 32.5. The van der Waals surface area contributed by atoms with Crippen LogP contribution in [0.5, 0.6) is 0 Å². The summed E-state index contributed by atoms with van der Waals surface area (Å²) in [5, 5.41) is 9.53. The van der Waals surface area contributed by atoms with Gasteiger partial charge in [-0.3, -0.25) is 0 Å². The quantitative estimate of drug-likeness (QED) is 0.647. The number of aromatic nitrogens is 4. The number of hydrogen-bond donors (Lipinski definition) is 3. The fraction of sp³-hybridized carbons (Fsp3) is 0.615. The maximum Gasteiger partial charge on any atom is 0.353 e. The van der Waals surface area contributed by atoms with E-state index in [-0.39, 0.29) is 12.4 Å². The minimum absolute atomic E-state index is 0.0657. The topological polar surface area (TPSA) is 138 Å². The van der Waals surface area contributed by atoms with Gasteiger partial charge in [-0.25, -0.2) is 14.3 Å². The Morgan fingerprint density at radius 3 is 2.91 bits per heavy atom. The Morgan fingerprint density at radius 2 is 2.17 bits per heavy atom. The number of nitrogens with zero attached hydrogens (tertiary/aromatic N) is 3. The Hall–Kier alpha value is -2.01. The smallest absolute Gasteiger partial charge is 0.353 e. The predicted octanol–water partition coefficient (Wildman–Crippen LogP) is -0.888. The first kappa shape index (κ1) is 14.6. The number of imidazole rings is 1. The summed E-state index contributed by atoms with van der Waals surface area (Å²) in [6.45, 7) is 3.29. The number of rotatable bonds is 2. The SMILES string of the molecule is CC1(C)O[C@@H]2[C@H](O1)[C@@H](CO)O[C@H]2n1c(=O)nc(N)c2[nH]cnc21. The van der Waals surface area contributed by atoms with Crippen molar-refractivity contribution < 1.29 is 19.3 Å². The van der Waals surface area contributed by atoms with Crippen molar-refractivity contribution in [3.63, 3.8) is 0 Å². The van der Waals surface area contributed by atoms with E-state index in [1.807, 2.05) is 0 Å². The molecule has 2 aromatic heterocycles. The minimum Gasteiger partial charge on any atom is -0.394 e. The number of aliphatic hydroxyl groups excluding tert-OH is 1. The van der Waals surface area contributed by atoms with Gasteiger partial charge in [-0.05, 0) is 13.8 Å². The lowest BCUT2D eigenvalue weighted by molar-refractivity contribution is -0.200. The molecular weight excluding hydrogens is 306 g/mol. The number of H-pyrrole nitrogens is 1. The van der Waals surface area contributed by atoms with E-state index in [4.69, 9.17) is 19.9 Å². The summed E-state index contributed by atoms with van der Waals surface area (Å²) in [5.41, 5.74) is 5.90. The molecule has 2 saturated heterocycles. The number of nitrogens with one attached hydrogen (secondary N) is 1. The number of aromatic amines is 1. The molecule has 23 heavy (non-hydrogen) atoms. The van der Waals surface area contributed by atoms with Crippen molar-refractivity contribution in [3.05, 3.63) is 16.8 Å². The molecule has 4 heterocycles. The lowest BCUT2D eigenvalue weighted by Gasteiger charge is -2.24. The molecule has 0 unspecified atom stereocenters. The second kappa shape index (κ2) is 4.74. The van der Waals surface area contributed by atoms with E-state index >= 15 is 0 Å². The van der Waals surface area contributed by atoms with Crippen LogP contribution in [0.1, 0.15) is 20.1 Å². The van der Waals surface area contributed by atoms with Crippen molar-refractivity contribution >= 4 is 17.0 Å². The van der Waals surface area contributed by atoms with Crippen molar-refractivity contribution in [1.29, 1.82) is 0 Å². The molecule has 0 aliphatic carbocycles. The molecule has 0 amide bonds. The summed E-state index contributed by atoms with van der Waals surface area (Å²) < 4.78 is 18.7. The average molecular weight is 323 g/mol. The Balaban J connectivity index is 1.85. The summed E-state index contributed by atoms with van der Waals surface area (Å²) in [7, 11) is 0. The first-order chi connectivity index (χ1) is 10.9. The molecule has 0 saturated carbocycles. The molecule has 4 atom stereocenters. The van der Waals surface area contributed by atoms with Crippen LogP contribution in [0.4, 0.5) is 5.82 Å². The number of anilines is 1. The summed E-state index contributed by atoms with van der Waals surface area (Å²) in [6.07, 6.45) is -1.05. The first-order valence-electron chi connectivity index (χ1n) is 7.24. The minimum atomic E-state index is -0.833. The van der Waals surface area contributed by atoms with Crippen LogP contribution < -0.4 is 11.4 Å². The van der Waals surface area contributed by atoms with Crippen LogP contribution in [-0.4, -0.2) is 55.3 Å². The highest BCUT2D eigenvalue weighted by Gasteiger charge is 2.56. The molecule has 4 N–H and O–H groups in total. The van der Waals surface area contributed by atoms with E-state index in [0.717, 1.165) is 0 Å². The van der Waals surface area contributed by atoms with Crippen molar-refractivity contribution in [2.45, 2.75) is 44.2 Å². The highest BCUT2D eigenvalue weighted by Crippen LogP contribution is 2.43. The fourth-order valence-corrected chi connectivity index (χ4v) is 3.20. The van der Waals surface area contributed by atoms with E-state index in [1.54, 1.807) is 13.8 Å². The Labute approximate surface area is 130 Å². The predicted molar refractivity (Wildman–Crippen MR) is 77.4 cm³/mol. The molecule has 10 heteroatoms. The highest BCUT2D eigenvalue weighted by atomic mass is 16.8. The van der Waals surface area contributed by atoms with Crippen LogP contribution in [0.2, 0.25) is 0 Å². The third-order valence-corrected chi connectivity index (χ3v) is 4.09. The number of aliphatic hydroxyl groups is 1. The van der Waals surface area contributed by atoms with Gasteiger partial charge < -0.3 is 30.0 Å². The standard InChI is InChI=1S/C13H17N5O5/c1-13(2)22-7-5(3-19)21-11(8(7)23-13)18-10-6(15-4-16-10)9(14)17-12(18)20/h4-5,7-8,11,19H,3H2,1-2H3,(H,15,16)(H2,14,17,20)/t5-,7-,8-,11-/m1/s1. The van der Waals surface area contributed by atoms with Gasteiger partial charge in [-0.15, -0.1) is 0 Å². The second-order valence-electron chi connectivity index (χ2n) is 6.06. The van der Waals surface area contributed by atoms with Crippen LogP contribution >= 0.6 is 0 Å². The van der Waals surface area contributed by atoms with Gasteiger partial charge in [0.1, 0.15) is 23.8 Å². The molecule has 2 aliphatic heterocycles. The largest absolute Gasteiger partial charge is 0.394 e. The van der Waals surface area contributed by atoms with Gasteiger partial charge in [0, 0.05) is 0 Å². The van der Waals surface area contributed by atoms with E-state index in [0.29, 0.717) is 11.2 Å². The molecule has 2 fully saturated rings. The van der Waals surface area contributed by atoms with Gasteiger partial charge in [0.25, 0.3) is 0 Å². The van der Waals surface area contributed by atoms with Gasteiger partial charge in [-0.1, -0.05) is 0 Å². The van der Waals surface area contributed by atoms with E-state index in [9.17, 15) is 9.90 Å². The number of hydrogen-bond acceptors (Lipinski definition) is 8. The second-order valence-corrected chi connectivity index (χ2v) is 6.06. The Bertz CT molecular complexity index is 815. The zero-order valence-electron chi connectivity index (χ0n) is 12.6. The fourth-order valence-electron chi connectivity index (χ4n) is 3.20. The number of fused-ring (bicyclic) bond motifs is 2. The molecule has 2 aliphatic rings. The maximum atomic E-state index is 12.4. The number of ether oxygens (including phenoxy) is 3. The van der Waals surface area contributed by atoms with Crippen LogP contribution in [0.25, 0.3) is 11.2 Å². The van der Waals surface area contributed by atoms with Gasteiger partial charge >= 0.3 is 5.69 Å². The zero-order chi connectivity index (χ0) is 16.4. The molecule has 4 rings (SSSR count). The monoisotopic (exact) mass is 323 g/mol. The van der Waals surface area contributed by atoms with E-state index in [1.165, 1.54) is 10.9 Å². The van der Waals surface area contributed by atoms with Crippen LogP contribution in [0, 0.1) is 0 Å². The Kier molecular flexibility index (Phi) is 3.00. The van der Waals surface area contributed by atoms with Gasteiger partial charge in [0.15, 0.2) is 23.5 Å². The molecule has 124 valence electrons. The molecule has 0 aromatic carbocycles. The maximum absolute atomic E-state index is 12.4. The van der Waals surface area contributed by atoms with Crippen molar-refractivity contribution in [2.75, 3.05) is 12.3 Å². The molecule has 2 aromatic rings. The zero-order valence-corrected chi connectivity index (χ0v) is 12.6. The van der Waals surface area contributed by atoms with Gasteiger partial charge in [-0.2, -0.15) is 4.98 Å². The summed E-state index contributed by atoms with van der Waals surface area (Å²) >= 11 is 0. The van der Waals surface area contributed by atoms with Crippen LogP contribution in [0.15, 0.2) is 11.1 Å². The van der Waals surface area contributed by atoms with Gasteiger partial charge in [0.2, 0.25) is 0 Å².